The molecule has 0 fully saturated rings. The third-order valence-corrected chi connectivity index (χ3v) is 4.40. The average Bonchev–Trinajstić information content (AvgIpc) is 2.64. The normalized spacial score (nSPS) is 11.0. The van der Waals surface area contributed by atoms with E-state index in [2.05, 4.69) is 26.1 Å². The second-order valence-electron chi connectivity index (χ2n) is 7.45. The van der Waals surface area contributed by atoms with E-state index in [0.29, 0.717) is 18.7 Å². The molecule has 0 radical (unpaired) electrons. The lowest BCUT2D eigenvalue weighted by Crippen LogP contribution is -2.37. The minimum atomic E-state index is -0.145. The quantitative estimate of drug-likeness (QED) is 0.844. The Morgan fingerprint density at radius 3 is 2.07 bits per heavy atom. The van der Waals surface area contributed by atoms with Crippen molar-refractivity contribution in [3.63, 3.8) is 0 Å². The third kappa shape index (κ3) is 5.58. The Balaban J connectivity index is 1.95. The topological polar surface area (TPSA) is 58.6 Å². The zero-order chi connectivity index (χ0) is 20.0. The molecule has 0 saturated heterocycles. The molecule has 0 aliphatic rings. The molecule has 5 nitrogen and oxygen atoms in total. The Morgan fingerprint density at radius 1 is 1.00 bits per heavy atom. The standard InChI is InChI=1S/C22H28N2O3/c1-16(25)24(19-10-12-20(27-5)13-11-19)15-14-23-21(26)17-6-8-18(9-7-17)22(2,3)4/h6-13H,14-15H2,1-5H3,(H,23,26). The van der Waals surface area contributed by atoms with Crippen molar-refractivity contribution >= 4 is 17.5 Å². The van der Waals surface area contributed by atoms with Crippen LogP contribution in [0, 0.1) is 0 Å². The summed E-state index contributed by atoms with van der Waals surface area (Å²) in [5.74, 6) is 0.506. The zero-order valence-electron chi connectivity index (χ0n) is 16.7. The highest BCUT2D eigenvalue weighted by atomic mass is 16.5. The highest BCUT2D eigenvalue weighted by molar-refractivity contribution is 5.94. The van der Waals surface area contributed by atoms with Crippen LogP contribution < -0.4 is 15.0 Å². The first kappa shape index (κ1) is 20.5. The molecule has 2 amide bonds. The average molecular weight is 368 g/mol. The van der Waals surface area contributed by atoms with Gasteiger partial charge in [-0.25, -0.2) is 0 Å². The van der Waals surface area contributed by atoms with Crippen molar-refractivity contribution < 1.29 is 14.3 Å². The van der Waals surface area contributed by atoms with Crippen LogP contribution in [0.1, 0.15) is 43.6 Å². The van der Waals surface area contributed by atoms with E-state index >= 15 is 0 Å². The van der Waals surface area contributed by atoms with Crippen LogP contribution in [0.15, 0.2) is 48.5 Å². The van der Waals surface area contributed by atoms with Gasteiger partial charge in [-0.1, -0.05) is 32.9 Å². The maximum Gasteiger partial charge on any atom is 0.251 e. The fourth-order valence-electron chi connectivity index (χ4n) is 2.74. The number of anilines is 1. The number of carbonyl (C=O) groups excluding carboxylic acids is 2. The van der Waals surface area contributed by atoms with E-state index in [1.807, 2.05) is 36.4 Å². The van der Waals surface area contributed by atoms with E-state index in [1.165, 1.54) is 12.5 Å². The second-order valence-corrected chi connectivity index (χ2v) is 7.45. The van der Waals surface area contributed by atoms with Crippen LogP contribution in [-0.2, 0) is 10.2 Å². The molecule has 1 N–H and O–H groups in total. The third-order valence-electron chi connectivity index (χ3n) is 4.40. The van der Waals surface area contributed by atoms with Gasteiger partial charge in [0, 0.05) is 31.3 Å². The molecule has 0 unspecified atom stereocenters. The van der Waals surface area contributed by atoms with Crippen molar-refractivity contribution in [1.82, 2.24) is 5.32 Å². The van der Waals surface area contributed by atoms with Crippen molar-refractivity contribution in [2.75, 3.05) is 25.1 Å². The van der Waals surface area contributed by atoms with Crippen LogP contribution in [0.3, 0.4) is 0 Å². The lowest BCUT2D eigenvalue weighted by molar-refractivity contribution is -0.116. The first-order chi connectivity index (χ1) is 12.7. The summed E-state index contributed by atoms with van der Waals surface area (Å²) in [5, 5.41) is 2.88. The van der Waals surface area contributed by atoms with Crippen molar-refractivity contribution in [2.24, 2.45) is 0 Å². The molecule has 0 bridgehead atoms. The van der Waals surface area contributed by atoms with Gasteiger partial charge in [0.2, 0.25) is 5.91 Å². The van der Waals surface area contributed by atoms with Crippen LogP contribution in [-0.4, -0.2) is 32.0 Å². The van der Waals surface area contributed by atoms with Crippen LogP contribution in [0.4, 0.5) is 5.69 Å². The number of nitrogens with one attached hydrogen (secondary N) is 1. The van der Waals surface area contributed by atoms with E-state index in [9.17, 15) is 9.59 Å². The minimum Gasteiger partial charge on any atom is -0.497 e. The van der Waals surface area contributed by atoms with Gasteiger partial charge >= 0.3 is 0 Å². The number of methoxy groups -OCH3 is 1. The number of hydrogen-bond donors (Lipinski definition) is 1. The number of benzene rings is 2. The highest BCUT2D eigenvalue weighted by Gasteiger charge is 2.15. The predicted octanol–water partition coefficient (Wildman–Crippen LogP) is 3.78. The summed E-state index contributed by atoms with van der Waals surface area (Å²) in [6, 6.07) is 14.9. The van der Waals surface area contributed by atoms with Crippen LogP contribution >= 0.6 is 0 Å². The van der Waals surface area contributed by atoms with Crippen LogP contribution in [0.5, 0.6) is 5.75 Å². The number of hydrogen-bond acceptors (Lipinski definition) is 3. The molecule has 27 heavy (non-hydrogen) atoms. The lowest BCUT2D eigenvalue weighted by atomic mass is 9.87. The fourth-order valence-corrected chi connectivity index (χ4v) is 2.74. The molecule has 0 saturated carbocycles. The summed E-state index contributed by atoms with van der Waals surface area (Å²) < 4.78 is 5.14. The van der Waals surface area contributed by atoms with Gasteiger partial charge in [-0.15, -0.1) is 0 Å². The number of ether oxygens (including phenoxy) is 1. The smallest absolute Gasteiger partial charge is 0.251 e. The number of nitrogens with zero attached hydrogens (tertiary/aromatic N) is 1. The summed E-state index contributed by atoms with van der Waals surface area (Å²) in [7, 11) is 1.60. The van der Waals surface area contributed by atoms with Crippen molar-refractivity contribution in [3.05, 3.63) is 59.7 Å². The minimum absolute atomic E-state index is 0.0510. The van der Waals surface area contributed by atoms with Gasteiger partial charge in [-0.05, 0) is 47.4 Å². The zero-order valence-corrected chi connectivity index (χ0v) is 16.7. The molecule has 0 aliphatic carbocycles. The maximum atomic E-state index is 12.3. The molecule has 2 rings (SSSR count). The van der Waals surface area contributed by atoms with Gasteiger partial charge in [0.05, 0.1) is 7.11 Å². The van der Waals surface area contributed by atoms with E-state index < -0.39 is 0 Å². The second kappa shape index (κ2) is 8.71. The monoisotopic (exact) mass is 368 g/mol. The number of carbonyl (C=O) groups is 2. The Kier molecular flexibility index (Phi) is 6.61. The van der Waals surface area contributed by atoms with Gasteiger partial charge < -0.3 is 15.0 Å². The van der Waals surface area contributed by atoms with Gasteiger partial charge in [-0.3, -0.25) is 9.59 Å². The summed E-state index contributed by atoms with van der Waals surface area (Å²) >= 11 is 0. The predicted molar refractivity (Wildman–Crippen MR) is 108 cm³/mol. The molecule has 0 heterocycles. The fraction of sp³-hybridized carbons (Fsp3) is 0.364. The maximum absolute atomic E-state index is 12.3. The molecule has 2 aromatic carbocycles. The van der Waals surface area contributed by atoms with Crippen LogP contribution in [0.25, 0.3) is 0 Å². The molecule has 5 heteroatoms. The Labute approximate surface area is 161 Å². The van der Waals surface area contributed by atoms with E-state index in [-0.39, 0.29) is 17.2 Å². The van der Waals surface area contributed by atoms with Gasteiger partial charge in [0.15, 0.2) is 0 Å². The Hall–Kier alpha value is -2.82. The lowest BCUT2D eigenvalue weighted by Gasteiger charge is -2.22. The van der Waals surface area contributed by atoms with Crippen molar-refractivity contribution in [1.29, 1.82) is 0 Å². The van der Waals surface area contributed by atoms with E-state index in [0.717, 1.165) is 11.4 Å². The Morgan fingerprint density at radius 2 is 1.59 bits per heavy atom. The van der Waals surface area contributed by atoms with Gasteiger partial charge in [0.1, 0.15) is 5.75 Å². The molecular weight excluding hydrogens is 340 g/mol. The summed E-state index contributed by atoms with van der Waals surface area (Å²) in [5.41, 5.74) is 2.62. The SMILES string of the molecule is COc1ccc(N(CCNC(=O)c2ccc(C(C)(C)C)cc2)C(C)=O)cc1. The summed E-state index contributed by atoms with van der Waals surface area (Å²) in [6.45, 7) is 8.68. The molecule has 0 atom stereocenters. The van der Waals surface area contributed by atoms with Gasteiger partial charge in [-0.2, -0.15) is 0 Å². The van der Waals surface area contributed by atoms with E-state index in [4.69, 9.17) is 4.74 Å². The largest absolute Gasteiger partial charge is 0.497 e. The van der Waals surface area contributed by atoms with Crippen LogP contribution in [0.2, 0.25) is 0 Å². The molecule has 0 aromatic heterocycles. The summed E-state index contributed by atoms with van der Waals surface area (Å²) in [4.78, 5) is 25.9. The molecule has 2 aromatic rings. The number of amides is 2. The van der Waals surface area contributed by atoms with Gasteiger partial charge in [0.25, 0.3) is 5.91 Å². The Bertz CT molecular complexity index is 775. The first-order valence-corrected chi connectivity index (χ1v) is 9.03. The van der Waals surface area contributed by atoms with Crippen molar-refractivity contribution in [2.45, 2.75) is 33.1 Å². The first-order valence-electron chi connectivity index (χ1n) is 9.03. The molecule has 144 valence electrons. The molecule has 0 spiro atoms. The summed E-state index contributed by atoms with van der Waals surface area (Å²) in [6.07, 6.45) is 0. The van der Waals surface area contributed by atoms with Crippen molar-refractivity contribution in [3.8, 4) is 5.75 Å². The number of rotatable bonds is 6. The van der Waals surface area contributed by atoms with E-state index in [1.54, 1.807) is 24.1 Å². The highest BCUT2D eigenvalue weighted by Crippen LogP contribution is 2.22. The molecule has 0 aliphatic heterocycles. The molecular formula is C22H28N2O3.